The fourth-order valence-corrected chi connectivity index (χ4v) is 6.71. The molecule has 0 fully saturated rings. The van der Waals surface area contributed by atoms with Crippen molar-refractivity contribution in [3.63, 3.8) is 0 Å². The summed E-state index contributed by atoms with van der Waals surface area (Å²) >= 11 is 12.5. The van der Waals surface area contributed by atoms with Crippen LogP contribution in [-0.4, -0.2) is 43.8 Å². The van der Waals surface area contributed by atoms with Gasteiger partial charge in [0.1, 0.15) is 12.6 Å². The van der Waals surface area contributed by atoms with E-state index in [4.69, 9.17) is 23.2 Å². The second-order valence-electron chi connectivity index (χ2n) is 11.5. The molecule has 7 nitrogen and oxygen atoms in total. The van der Waals surface area contributed by atoms with Crippen LogP contribution in [0.25, 0.3) is 0 Å². The number of hydrogen-bond acceptors (Lipinski definition) is 4. The largest absolute Gasteiger partial charge is 0.352 e. The van der Waals surface area contributed by atoms with E-state index in [1.807, 2.05) is 64.1 Å². The average molecular weight is 681 g/mol. The zero-order valence-corrected chi connectivity index (χ0v) is 28.7. The maximum absolute atomic E-state index is 14.6. The number of carbonyl (C=O) groups excluding carboxylic acids is 2. The van der Waals surface area contributed by atoms with E-state index in [0.717, 1.165) is 21.0 Å². The van der Waals surface area contributed by atoms with Crippen molar-refractivity contribution in [3.05, 3.63) is 129 Å². The van der Waals surface area contributed by atoms with Gasteiger partial charge in [-0.2, -0.15) is 0 Å². The summed E-state index contributed by atoms with van der Waals surface area (Å²) in [5, 5.41) is 3.69. The Morgan fingerprint density at radius 2 is 1.50 bits per heavy atom. The van der Waals surface area contributed by atoms with Crippen LogP contribution in [0.4, 0.5) is 5.69 Å². The van der Waals surface area contributed by atoms with Gasteiger partial charge in [0.2, 0.25) is 11.8 Å². The molecular formula is C36H39Cl2N3O4S. The Morgan fingerprint density at radius 1 is 0.804 bits per heavy atom. The molecule has 0 spiro atoms. The lowest BCUT2D eigenvalue weighted by molar-refractivity contribution is -0.140. The molecule has 4 aromatic carbocycles. The molecule has 0 aliphatic heterocycles. The molecule has 0 heterocycles. The summed E-state index contributed by atoms with van der Waals surface area (Å²) in [7, 11) is -4.18. The summed E-state index contributed by atoms with van der Waals surface area (Å²) in [5.74, 6) is -0.890. The van der Waals surface area contributed by atoms with Gasteiger partial charge in [0, 0.05) is 19.0 Å². The maximum atomic E-state index is 14.6. The summed E-state index contributed by atoms with van der Waals surface area (Å²) < 4.78 is 29.5. The zero-order chi connectivity index (χ0) is 33.4. The Balaban J connectivity index is 1.82. The normalized spacial score (nSPS) is 12.7. The van der Waals surface area contributed by atoms with Gasteiger partial charge >= 0.3 is 0 Å². The fourth-order valence-electron chi connectivity index (χ4n) is 4.98. The first-order valence-corrected chi connectivity index (χ1v) is 17.3. The van der Waals surface area contributed by atoms with Crippen molar-refractivity contribution >= 4 is 50.7 Å². The number of benzene rings is 4. The van der Waals surface area contributed by atoms with Crippen molar-refractivity contribution in [1.82, 2.24) is 10.2 Å². The van der Waals surface area contributed by atoms with Crippen molar-refractivity contribution in [3.8, 4) is 0 Å². The third-order valence-electron chi connectivity index (χ3n) is 7.79. The number of nitrogens with zero attached hydrogens (tertiary/aromatic N) is 2. The molecule has 4 aromatic rings. The van der Waals surface area contributed by atoms with Crippen LogP contribution in [0.15, 0.2) is 102 Å². The highest BCUT2D eigenvalue weighted by Gasteiger charge is 2.35. The molecule has 0 saturated carbocycles. The van der Waals surface area contributed by atoms with Crippen molar-refractivity contribution in [2.75, 3.05) is 10.8 Å². The first-order chi connectivity index (χ1) is 21.9. The Morgan fingerprint density at radius 3 is 2.13 bits per heavy atom. The molecule has 2 amide bonds. The number of anilines is 1. The molecule has 242 valence electrons. The monoisotopic (exact) mass is 679 g/mol. The quantitative estimate of drug-likeness (QED) is 0.160. The van der Waals surface area contributed by atoms with Crippen molar-refractivity contribution in [2.45, 2.75) is 64.1 Å². The van der Waals surface area contributed by atoms with E-state index in [9.17, 15) is 18.0 Å². The lowest BCUT2D eigenvalue weighted by Crippen LogP contribution is -2.54. The highest BCUT2D eigenvalue weighted by Crippen LogP contribution is 2.27. The molecule has 0 aromatic heterocycles. The van der Waals surface area contributed by atoms with Crippen LogP contribution < -0.4 is 9.62 Å². The molecule has 1 N–H and O–H groups in total. The molecule has 46 heavy (non-hydrogen) atoms. The third kappa shape index (κ3) is 8.90. The number of carbonyl (C=O) groups is 2. The van der Waals surface area contributed by atoms with E-state index < -0.39 is 28.5 Å². The predicted molar refractivity (Wildman–Crippen MR) is 186 cm³/mol. The van der Waals surface area contributed by atoms with Gasteiger partial charge in [-0.05, 0) is 80.3 Å². The Hall–Kier alpha value is -3.85. The van der Waals surface area contributed by atoms with Crippen LogP contribution in [-0.2, 0) is 32.6 Å². The van der Waals surface area contributed by atoms with Crippen molar-refractivity contribution in [2.24, 2.45) is 0 Å². The topological polar surface area (TPSA) is 86.8 Å². The predicted octanol–water partition coefficient (Wildman–Crippen LogP) is 7.36. The van der Waals surface area contributed by atoms with Crippen LogP contribution in [0.1, 0.15) is 42.5 Å². The molecular weight excluding hydrogens is 641 g/mol. The SMILES string of the molecule is CC[C@@H](C)NC(=O)[C@H](Cc1ccccc1)N(Cc1ccc(Cl)c(Cl)c1)C(=O)CN(c1cccc(C)c1)S(=O)(=O)c1ccc(C)cc1. The fraction of sp³-hybridized carbons (Fsp3) is 0.278. The number of rotatable bonds is 13. The average Bonchev–Trinajstić information content (AvgIpc) is 3.03. The molecule has 0 radical (unpaired) electrons. The van der Waals surface area contributed by atoms with Gasteiger partial charge < -0.3 is 10.2 Å². The lowest BCUT2D eigenvalue weighted by Gasteiger charge is -2.34. The number of hydrogen-bond donors (Lipinski definition) is 1. The number of sulfonamides is 1. The summed E-state index contributed by atoms with van der Waals surface area (Å²) in [6.07, 6.45) is 0.909. The zero-order valence-electron chi connectivity index (χ0n) is 26.4. The summed E-state index contributed by atoms with van der Waals surface area (Å²) in [4.78, 5) is 30.0. The number of nitrogens with one attached hydrogen (secondary N) is 1. The second kappa shape index (κ2) is 15.6. The molecule has 2 atom stereocenters. The Labute approximate surface area is 282 Å². The van der Waals surface area contributed by atoms with E-state index in [-0.39, 0.29) is 29.8 Å². The highest BCUT2D eigenvalue weighted by molar-refractivity contribution is 7.92. The first kappa shape index (κ1) is 35.0. The van der Waals surface area contributed by atoms with E-state index in [2.05, 4.69) is 5.32 Å². The van der Waals surface area contributed by atoms with Crippen LogP contribution >= 0.6 is 23.2 Å². The molecule has 0 aliphatic carbocycles. The Kier molecular flexibility index (Phi) is 11.9. The van der Waals surface area contributed by atoms with E-state index in [0.29, 0.717) is 27.7 Å². The van der Waals surface area contributed by atoms with Gasteiger partial charge in [-0.1, -0.05) is 96.4 Å². The van der Waals surface area contributed by atoms with Gasteiger partial charge in [-0.25, -0.2) is 8.42 Å². The van der Waals surface area contributed by atoms with E-state index in [1.165, 1.54) is 17.0 Å². The number of halogens is 2. The standard InChI is InChI=1S/C36H39Cl2N3O4S/c1-5-27(4)39-36(43)34(22-28-11-7-6-8-12-28)40(23-29-16-19-32(37)33(38)21-29)35(42)24-41(30-13-9-10-26(3)20-30)46(44,45)31-17-14-25(2)15-18-31/h6-21,27,34H,5,22-24H2,1-4H3,(H,39,43)/t27-,34+/m1/s1. The summed E-state index contributed by atoms with van der Waals surface area (Å²) in [6.45, 7) is 7.04. The van der Waals surface area contributed by atoms with Crippen LogP contribution in [0, 0.1) is 13.8 Å². The smallest absolute Gasteiger partial charge is 0.264 e. The van der Waals surface area contributed by atoms with Crippen LogP contribution in [0.2, 0.25) is 10.0 Å². The minimum absolute atomic E-state index is 0.00656. The van der Waals surface area contributed by atoms with E-state index in [1.54, 1.807) is 48.5 Å². The van der Waals surface area contributed by atoms with Crippen molar-refractivity contribution in [1.29, 1.82) is 0 Å². The van der Waals surface area contributed by atoms with Gasteiger partial charge in [-0.3, -0.25) is 13.9 Å². The minimum Gasteiger partial charge on any atom is -0.352 e. The lowest BCUT2D eigenvalue weighted by atomic mass is 10.0. The van der Waals surface area contributed by atoms with Crippen LogP contribution in [0.3, 0.4) is 0 Å². The maximum Gasteiger partial charge on any atom is 0.264 e. The molecule has 4 rings (SSSR count). The Bertz CT molecular complexity index is 1770. The second-order valence-corrected chi connectivity index (χ2v) is 14.1. The number of aryl methyl sites for hydroxylation is 2. The number of amides is 2. The van der Waals surface area contributed by atoms with Gasteiger partial charge in [-0.15, -0.1) is 0 Å². The van der Waals surface area contributed by atoms with Gasteiger partial charge in [0.25, 0.3) is 10.0 Å². The molecule has 0 saturated heterocycles. The third-order valence-corrected chi connectivity index (χ3v) is 10.3. The van der Waals surface area contributed by atoms with Gasteiger partial charge in [0.15, 0.2) is 0 Å². The summed E-state index contributed by atoms with van der Waals surface area (Å²) in [6, 6.07) is 26.8. The molecule has 10 heteroatoms. The molecule has 0 bridgehead atoms. The summed E-state index contributed by atoms with van der Waals surface area (Å²) in [5.41, 5.74) is 3.56. The van der Waals surface area contributed by atoms with Crippen LogP contribution in [0.5, 0.6) is 0 Å². The minimum atomic E-state index is -4.18. The van der Waals surface area contributed by atoms with Gasteiger partial charge in [0.05, 0.1) is 20.6 Å². The first-order valence-electron chi connectivity index (χ1n) is 15.1. The van der Waals surface area contributed by atoms with E-state index >= 15 is 0 Å². The molecule has 0 unspecified atom stereocenters. The highest BCUT2D eigenvalue weighted by atomic mass is 35.5. The molecule has 0 aliphatic rings. The van der Waals surface area contributed by atoms with Crippen molar-refractivity contribution < 1.29 is 18.0 Å².